The van der Waals surface area contributed by atoms with Gasteiger partial charge in [0.15, 0.2) is 0 Å². The summed E-state index contributed by atoms with van der Waals surface area (Å²) < 4.78 is 13.7. The fourth-order valence-corrected chi connectivity index (χ4v) is 1.81. The van der Waals surface area contributed by atoms with E-state index in [2.05, 4.69) is 19.5 Å². The Morgan fingerprint density at radius 3 is 1.82 bits per heavy atom. The normalized spacial score (nSPS) is 13.0. The molecule has 0 aliphatic rings. The van der Waals surface area contributed by atoms with E-state index in [0.717, 1.165) is 21.3 Å². The highest BCUT2D eigenvalue weighted by molar-refractivity contribution is 5.91. The summed E-state index contributed by atoms with van der Waals surface area (Å²) in [4.78, 5) is 47.0. The smallest absolute Gasteiger partial charge is 0.329 e. The van der Waals surface area contributed by atoms with Crippen LogP contribution in [0, 0.1) is 11.8 Å². The molecule has 0 aromatic carbocycles. The molecular formula is C14H23NO7. The quantitative estimate of drug-likeness (QED) is 0.497. The van der Waals surface area contributed by atoms with Crippen LogP contribution in [0.3, 0.4) is 0 Å². The molecule has 8 heteroatoms. The molecule has 0 bridgehead atoms. The van der Waals surface area contributed by atoms with Gasteiger partial charge < -0.3 is 19.5 Å². The second-order valence-corrected chi connectivity index (χ2v) is 5.08. The van der Waals surface area contributed by atoms with Gasteiger partial charge in [-0.3, -0.25) is 14.4 Å². The van der Waals surface area contributed by atoms with Gasteiger partial charge in [0.05, 0.1) is 33.7 Å². The summed E-state index contributed by atoms with van der Waals surface area (Å²) >= 11 is 0. The Morgan fingerprint density at radius 1 is 0.864 bits per heavy atom. The van der Waals surface area contributed by atoms with Crippen LogP contribution >= 0.6 is 0 Å². The average Bonchev–Trinajstić information content (AvgIpc) is 2.47. The first kappa shape index (κ1) is 19.9. The van der Waals surface area contributed by atoms with Gasteiger partial charge in [0.25, 0.3) is 0 Å². The zero-order chi connectivity index (χ0) is 17.3. The molecule has 1 N–H and O–H groups in total. The summed E-state index contributed by atoms with van der Waals surface area (Å²) in [6.45, 7) is 3.66. The standard InChI is InChI=1S/C14H23NO7/c1-8(2)6-10(16)15-12(14(19)22-5)9(13(18)21-4)7-11(17)20-3/h8-9,12H,6-7H2,1-5H3,(H,15,16)/t9-,12-/m0/s1. The van der Waals surface area contributed by atoms with Crippen molar-refractivity contribution in [2.75, 3.05) is 21.3 Å². The van der Waals surface area contributed by atoms with Crippen molar-refractivity contribution in [1.29, 1.82) is 0 Å². The van der Waals surface area contributed by atoms with Gasteiger partial charge >= 0.3 is 17.9 Å². The number of rotatable bonds is 8. The van der Waals surface area contributed by atoms with Crippen molar-refractivity contribution < 1.29 is 33.4 Å². The van der Waals surface area contributed by atoms with Crippen LogP contribution in [-0.4, -0.2) is 51.2 Å². The van der Waals surface area contributed by atoms with Gasteiger partial charge in [-0.05, 0) is 5.92 Å². The van der Waals surface area contributed by atoms with Gasteiger partial charge in [0, 0.05) is 6.42 Å². The monoisotopic (exact) mass is 317 g/mol. The molecule has 0 saturated heterocycles. The second kappa shape index (κ2) is 9.75. The van der Waals surface area contributed by atoms with Crippen molar-refractivity contribution in [2.45, 2.75) is 32.7 Å². The van der Waals surface area contributed by atoms with Crippen molar-refractivity contribution >= 4 is 23.8 Å². The molecule has 0 radical (unpaired) electrons. The van der Waals surface area contributed by atoms with E-state index in [1.54, 1.807) is 0 Å². The first-order valence-corrected chi connectivity index (χ1v) is 6.78. The number of nitrogens with one attached hydrogen (secondary N) is 1. The number of methoxy groups -OCH3 is 3. The molecule has 2 atom stereocenters. The summed E-state index contributed by atoms with van der Waals surface area (Å²) in [5.41, 5.74) is 0. The molecule has 0 rings (SSSR count). The van der Waals surface area contributed by atoms with Crippen LogP contribution in [0.2, 0.25) is 0 Å². The zero-order valence-corrected chi connectivity index (χ0v) is 13.5. The van der Waals surface area contributed by atoms with Gasteiger partial charge in [-0.1, -0.05) is 13.8 Å². The molecule has 0 fully saturated rings. The zero-order valence-electron chi connectivity index (χ0n) is 13.5. The number of esters is 3. The third-order valence-corrected chi connectivity index (χ3v) is 2.89. The molecule has 0 aromatic rings. The first-order valence-electron chi connectivity index (χ1n) is 6.78. The lowest BCUT2D eigenvalue weighted by atomic mass is 9.95. The number of hydrogen-bond donors (Lipinski definition) is 1. The summed E-state index contributed by atoms with van der Waals surface area (Å²) in [6.07, 6.45) is -0.246. The number of ether oxygens (including phenoxy) is 3. The molecule has 0 aliphatic carbocycles. The van der Waals surface area contributed by atoms with Gasteiger partial charge in [0.2, 0.25) is 5.91 Å². The molecule has 8 nitrogen and oxygen atoms in total. The Bertz CT molecular complexity index is 419. The third kappa shape index (κ3) is 6.55. The van der Waals surface area contributed by atoms with Gasteiger partial charge in [-0.2, -0.15) is 0 Å². The van der Waals surface area contributed by atoms with E-state index >= 15 is 0 Å². The average molecular weight is 317 g/mol. The molecule has 0 unspecified atom stereocenters. The lowest BCUT2D eigenvalue weighted by molar-refractivity contribution is -0.159. The van der Waals surface area contributed by atoms with Crippen molar-refractivity contribution in [3.05, 3.63) is 0 Å². The highest BCUT2D eigenvalue weighted by Crippen LogP contribution is 2.15. The van der Waals surface area contributed by atoms with Crippen LogP contribution in [-0.2, 0) is 33.4 Å². The van der Waals surface area contributed by atoms with Crippen molar-refractivity contribution in [2.24, 2.45) is 11.8 Å². The summed E-state index contributed by atoms with van der Waals surface area (Å²) in [6, 6.07) is -1.32. The Hall–Kier alpha value is -2.12. The maximum atomic E-state index is 11.9. The summed E-state index contributed by atoms with van der Waals surface area (Å²) in [7, 11) is 3.40. The minimum Gasteiger partial charge on any atom is -0.469 e. The highest BCUT2D eigenvalue weighted by atomic mass is 16.5. The van der Waals surface area contributed by atoms with E-state index in [1.807, 2.05) is 13.8 Å². The molecule has 0 aliphatic heterocycles. The molecule has 0 heterocycles. The van der Waals surface area contributed by atoms with Crippen molar-refractivity contribution in [1.82, 2.24) is 5.32 Å². The van der Waals surface area contributed by atoms with Crippen LogP contribution in [0.4, 0.5) is 0 Å². The molecule has 0 saturated carbocycles. The number of carbonyl (C=O) groups is 4. The molecule has 126 valence electrons. The van der Waals surface area contributed by atoms with Crippen molar-refractivity contribution in [3.63, 3.8) is 0 Å². The molecule has 0 spiro atoms. The number of hydrogen-bond acceptors (Lipinski definition) is 7. The SMILES string of the molecule is COC(=O)C[C@H](C(=O)OC)[C@H](NC(=O)CC(C)C)C(=O)OC. The van der Waals surface area contributed by atoms with E-state index in [1.165, 1.54) is 0 Å². The van der Waals surface area contributed by atoms with Gasteiger partial charge in [-0.25, -0.2) is 4.79 Å². The minimum atomic E-state index is -1.32. The molecule has 22 heavy (non-hydrogen) atoms. The minimum absolute atomic E-state index is 0.0653. The highest BCUT2D eigenvalue weighted by Gasteiger charge is 2.38. The van der Waals surface area contributed by atoms with E-state index in [9.17, 15) is 19.2 Å². The van der Waals surface area contributed by atoms with E-state index in [4.69, 9.17) is 0 Å². The fourth-order valence-electron chi connectivity index (χ4n) is 1.81. The van der Waals surface area contributed by atoms with E-state index in [0.29, 0.717) is 0 Å². The number of amides is 1. The lowest BCUT2D eigenvalue weighted by Gasteiger charge is -2.23. The number of carbonyl (C=O) groups excluding carboxylic acids is 4. The first-order chi connectivity index (χ1) is 10.3. The van der Waals surface area contributed by atoms with Crippen LogP contribution < -0.4 is 5.32 Å². The second-order valence-electron chi connectivity index (χ2n) is 5.08. The maximum absolute atomic E-state index is 11.9. The largest absolute Gasteiger partial charge is 0.469 e. The Kier molecular flexibility index (Phi) is 8.81. The Morgan fingerprint density at radius 2 is 1.41 bits per heavy atom. The summed E-state index contributed by atoms with van der Waals surface area (Å²) in [5, 5.41) is 2.42. The third-order valence-electron chi connectivity index (χ3n) is 2.89. The molecular weight excluding hydrogens is 294 g/mol. The Balaban J connectivity index is 5.29. The van der Waals surface area contributed by atoms with E-state index < -0.39 is 42.2 Å². The van der Waals surface area contributed by atoms with E-state index in [-0.39, 0.29) is 12.3 Å². The summed E-state index contributed by atoms with van der Waals surface area (Å²) in [5.74, 6) is -3.94. The van der Waals surface area contributed by atoms with Gasteiger partial charge in [0.1, 0.15) is 6.04 Å². The Labute approximate surface area is 129 Å². The molecule has 1 amide bonds. The lowest BCUT2D eigenvalue weighted by Crippen LogP contribution is -2.50. The fraction of sp³-hybridized carbons (Fsp3) is 0.714. The predicted molar refractivity (Wildman–Crippen MR) is 75.5 cm³/mol. The topological polar surface area (TPSA) is 108 Å². The van der Waals surface area contributed by atoms with Crippen LogP contribution in [0.1, 0.15) is 26.7 Å². The van der Waals surface area contributed by atoms with Crippen LogP contribution in [0.5, 0.6) is 0 Å². The maximum Gasteiger partial charge on any atom is 0.329 e. The predicted octanol–water partition coefficient (Wildman–Crippen LogP) is 0.0426. The van der Waals surface area contributed by atoms with Crippen LogP contribution in [0.25, 0.3) is 0 Å². The van der Waals surface area contributed by atoms with Gasteiger partial charge in [-0.15, -0.1) is 0 Å². The molecule has 0 aromatic heterocycles. The van der Waals surface area contributed by atoms with Crippen molar-refractivity contribution in [3.8, 4) is 0 Å². The van der Waals surface area contributed by atoms with Crippen LogP contribution in [0.15, 0.2) is 0 Å².